The largest absolute Gasteiger partial charge is 0.339 e. The summed E-state index contributed by atoms with van der Waals surface area (Å²) in [6.07, 6.45) is 0. The number of rotatable bonds is 7. The van der Waals surface area contributed by atoms with Crippen molar-refractivity contribution in [3.05, 3.63) is 58.1 Å². The maximum Gasteiger partial charge on any atom is 0.255 e. The number of nitrogens with one attached hydrogen (secondary N) is 2. The highest BCUT2D eigenvalue weighted by molar-refractivity contribution is 7.89. The molecule has 174 valence electrons. The molecule has 2 rings (SSSR count). The van der Waals surface area contributed by atoms with Crippen molar-refractivity contribution in [3.63, 3.8) is 0 Å². The van der Waals surface area contributed by atoms with E-state index < -0.39 is 21.5 Å². The second-order valence-corrected chi connectivity index (χ2v) is 10.5. The second kappa shape index (κ2) is 10.0. The summed E-state index contributed by atoms with van der Waals surface area (Å²) in [6.45, 7) is 11.8. The number of halogens is 1. The average molecular weight is 480 g/mol. The molecule has 0 aliphatic heterocycles. The molecule has 0 unspecified atom stereocenters. The summed E-state index contributed by atoms with van der Waals surface area (Å²) in [4.78, 5) is 27.1. The number of carbonyl (C=O) groups is 2. The molecular formula is C23H30ClN3O4S. The van der Waals surface area contributed by atoms with E-state index in [4.69, 9.17) is 11.6 Å². The highest BCUT2D eigenvalue weighted by Gasteiger charge is 2.24. The number of hydrogen-bond donors (Lipinski definition) is 2. The Kier molecular flexibility index (Phi) is 8.09. The Labute approximate surface area is 195 Å². The van der Waals surface area contributed by atoms with Gasteiger partial charge in [0.2, 0.25) is 10.0 Å². The molecule has 9 heteroatoms. The van der Waals surface area contributed by atoms with Crippen LogP contribution in [0.4, 0.5) is 5.69 Å². The van der Waals surface area contributed by atoms with Gasteiger partial charge < -0.3 is 10.2 Å². The highest BCUT2D eigenvalue weighted by atomic mass is 35.5. The first-order valence-corrected chi connectivity index (χ1v) is 12.2. The lowest BCUT2D eigenvalue weighted by molar-refractivity contribution is 0.0773. The first-order valence-electron chi connectivity index (χ1n) is 10.3. The van der Waals surface area contributed by atoms with E-state index in [0.717, 1.165) is 0 Å². The minimum Gasteiger partial charge on any atom is -0.339 e. The Morgan fingerprint density at radius 3 is 2.16 bits per heavy atom. The average Bonchev–Trinajstić information content (AvgIpc) is 2.67. The van der Waals surface area contributed by atoms with E-state index in [0.29, 0.717) is 29.9 Å². The monoisotopic (exact) mass is 479 g/mol. The quantitative estimate of drug-likeness (QED) is 0.612. The summed E-state index contributed by atoms with van der Waals surface area (Å²) in [5.74, 6) is -0.660. The van der Waals surface area contributed by atoms with Gasteiger partial charge in [0.1, 0.15) is 0 Å². The summed E-state index contributed by atoms with van der Waals surface area (Å²) < 4.78 is 27.9. The van der Waals surface area contributed by atoms with Gasteiger partial charge in [0.05, 0.1) is 15.5 Å². The lowest BCUT2D eigenvalue weighted by Crippen LogP contribution is -2.40. The van der Waals surface area contributed by atoms with Crippen LogP contribution in [0.3, 0.4) is 0 Å². The van der Waals surface area contributed by atoms with Crippen LogP contribution in [0.5, 0.6) is 0 Å². The number of nitrogens with zero attached hydrogens (tertiary/aromatic N) is 1. The first kappa shape index (κ1) is 25.8. The molecule has 2 N–H and O–H groups in total. The molecule has 0 spiro atoms. The van der Waals surface area contributed by atoms with Crippen molar-refractivity contribution in [2.24, 2.45) is 0 Å². The molecule has 0 atom stereocenters. The van der Waals surface area contributed by atoms with E-state index >= 15 is 0 Å². The fraction of sp³-hybridized carbons (Fsp3) is 0.391. The van der Waals surface area contributed by atoms with Gasteiger partial charge in [0, 0.05) is 29.9 Å². The third-order valence-corrected chi connectivity index (χ3v) is 6.78. The number of hydrogen-bond acceptors (Lipinski definition) is 4. The normalized spacial score (nSPS) is 11.8. The fourth-order valence-corrected chi connectivity index (χ4v) is 4.83. The number of anilines is 1. The third kappa shape index (κ3) is 6.31. The van der Waals surface area contributed by atoms with Gasteiger partial charge in [-0.15, -0.1) is 0 Å². The fourth-order valence-electron chi connectivity index (χ4n) is 3.12. The first-order chi connectivity index (χ1) is 14.8. The van der Waals surface area contributed by atoms with Crippen LogP contribution in [0.2, 0.25) is 5.02 Å². The molecule has 32 heavy (non-hydrogen) atoms. The number of amides is 2. The van der Waals surface area contributed by atoms with Gasteiger partial charge in [-0.3, -0.25) is 9.59 Å². The number of sulfonamides is 1. The molecule has 0 saturated heterocycles. The van der Waals surface area contributed by atoms with Crippen molar-refractivity contribution in [2.75, 3.05) is 18.4 Å². The molecule has 0 heterocycles. The molecular weight excluding hydrogens is 450 g/mol. The summed E-state index contributed by atoms with van der Waals surface area (Å²) in [5, 5.41) is 2.95. The van der Waals surface area contributed by atoms with Crippen LogP contribution < -0.4 is 10.0 Å². The van der Waals surface area contributed by atoms with Crippen LogP contribution in [0.1, 0.15) is 60.9 Å². The molecule has 0 radical (unpaired) electrons. The van der Waals surface area contributed by atoms with Crippen LogP contribution >= 0.6 is 11.6 Å². The van der Waals surface area contributed by atoms with E-state index in [1.165, 1.54) is 18.2 Å². The molecule has 0 aliphatic rings. The summed E-state index contributed by atoms with van der Waals surface area (Å²) in [5.41, 5.74) is 0.938. The molecule has 2 aromatic carbocycles. The highest BCUT2D eigenvalue weighted by Crippen LogP contribution is 2.24. The van der Waals surface area contributed by atoms with Gasteiger partial charge in [-0.05, 0) is 77.4 Å². The Morgan fingerprint density at radius 2 is 1.62 bits per heavy atom. The van der Waals surface area contributed by atoms with Gasteiger partial charge in [0.15, 0.2) is 0 Å². The van der Waals surface area contributed by atoms with Gasteiger partial charge in [-0.1, -0.05) is 17.7 Å². The van der Waals surface area contributed by atoms with Crippen molar-refractivity contribution < 1.29 is 18.0 Å². The van der Waals surface area contributed by atoms with Crippen molar-refractivity contribution in [2.45, 2.75) is 52.0 Å². The standard InChI is InChI=1S/C23H30ClN3O4S/c1-7-27(8-2)22(29)18-12-10-16(13-20(18)24)25-21(28)19-14-17(11-9-15(19)3)32(30,31)26-23(4,5)6/h9-14,26H,7-8H2,1-6H3,(H,25,28). The minimum absolute atomic E-state index is 0.00127. The molecule has 7 nitrogen and oxygen atoms in total. The van der Waals surface area contributed by atoms with Gasteiger partial charge >= 0.3 is 0 Å². The van der Waals surface area contributed by atoms with Crippen molar-refractivity contribution >= 4 is 39.1 Å². The summed E-state index contributed by atoms with van der Waals surface area (Å²) >= 11 is 6.30. The third-order valence-electron chi connectivity index (χ3n) is 4.71. The van der Waals surface area contributed by atoms with Crippen LogP contribution in [-0.2, 0) is 10.0 Å². The zero-order valence-electron chi connectivity index (χ0n) is 19.2. The summed E-state index contributed by atoms with van der Waals surface area (Å²) in [7, 11) is -3.79. The molecule has 0 saturated carbocycles. The van der Waals surface area contributed by atoms with E-state index in [1.54, 1.807) is 50.8 Å². The van der Waals surface area contributed by atoms with E-state index in [9.17, 15) is 18.0 Å². The number of benzene rings is 2. The van der Waals surface area contributed by atoms with Gasteiger partial charge in [-0.25, -0.2) is 13.1 Å². The Hall–Kier alpha value is -2.42. The smallest absolute Gasteiger partial charge is 0.255 e. The molecule has 0 aromatic heterocycles. The van der Waals surface area contributed by atoms with Crippen LogP contribution in [0, 0.1) is 6.92 Å². The van der Waals surface area contributed by atoms with E-state index in [-0.39, 0.29) is 21.4 Å². The van der Waals surface area contributed by atoms with E-state index in [2.05, 4.69) is 10.0 Å². The topological polar surface area (TPSA) is 95.6 Å². The second-order valence-electron chi connectivity index (χ2n) is 8.46. The Morgan fingerprint density at radius 1 is 1.00 bits per heavy atom. The lowest BCUT2D eigenvalue weighted by Gasteiger charge is -2.21. The SMILES string of the molecule is CCN(CC)C(=O)c1ccc(NC(=O)c2cc(S(=O)(=O)NC(C)(C)C)ccc2C)cc1Cl. The number of aryl methyl sites for hydroxylation is 1. The molecule has 2 aromatic rings. The van der Waals surface area contributed by atoms with E-state index in [1.807, 2.05) is 13.8 Å². The number of carbonyl (C=O) groups excluding carboxylic acids is 2. The molecule has 0 fully saturated rings. The lowest BCUT2D eigenvalue weighted by atomic mass is 10.1. The van der Waals surface area contributed by atoms with Crippen molar-refractivity contribution in [1.29, 1.82) is 0 Å². The maximum atomic E-state index is 12.9. The summed E-state index contributed by atoms with van der Waals surface area (Å²) in [6, 6.07) is 9.07. The molecule has 2 amide bonds. The predicted molar refractivity (Wildman–Crippen MR) is 128 cm³/mol. The van der Waals surface area contributed by atoms with Gasteiger partial charge in [-0.2, -0.15) is 0 Å². The van der Waals surface area contributed by atoms with Crippen LogP contribution in [0.15, 0.2) is 41.3 Å². The zero-order chi connectivity index (χ0) is 24.3. The van der Waals surface area contributed by atoms with Gasteiger partial charge in [0.25, 0.3) is 11.8 Å². The maximum absolute atomic E-state index is 12.9. The van der Waals surface area contributed by atoms with Crippen LogP contribution in [-0.4, -0.2) is 43.8 Å². The van der Waals surface area contributed by atoms with Crippen molar-refractivity contribution in [1.82, 2.24) is 9.62 Å². The molecule has 0 bridgehead atoms. The Balaban J connectivity index is 2.30. The van der Waals surface area contributed by atoms with Crippen molar-refractivity contribution in [3.8, 4) is 0 Å². The van der Waals surface area contributed by atoms with Crippen LogP contribution in [0.25, 0.3) is 0 Å². The Bertz CT molecular complexity index is 1120. The molecule has 0 aliphatic carbocycles. The zero-order valence-corrected chi connectivity index (χ0v) is 20.8. The predicted octanol–water partition coefficient (Wildman–Crippen LogP) is 4.46. The minimum atomic E-state index is -3.79.